The van der Waals surface area contributed by atoms with Gasteiger partial charge in [0.25, 0.3) is 0 Å². The summed E-state index contributed by atoms with van der Waals surface area (Å²) in [4.78, 5) is 2.38. The highest BCUT2D eigenvalue weighted by Gasteiger charge is 2.51. The van der Waals surface area contributed by atoms with Crippen LogP contribution in [0.5, 0.6) is 0 Å². The van der Waals surface area contributed by atoms with E-state index in [4.69, 9.17) is 4.42 Å². The third-order valence-corrected chi connectivity index (χ3v) is 11.8. The second-order valence-electron chi connectivity index (χ2n) is 14.4. The van der Waals surface area contributed by atoms with Gasteiger partial charge in [-0.1, -0.05) is 121 Å². The molecule has 0 saturated heterocycles. The number of anilines is 3. The van der Waals surface area contributed by atoms with Crippen molar-refractivity contribution in [2.75, 3.05) is 4.90 Å². The fraction of sp³-hybridized carbons (Fsp3) is 0.0196. The van der Waals surface area contributed by atoms with Crippen LogP contribution in [0, 0.1) is 0 Å². The third kappa shape index (κ3) is 3.82. The van der Waals surface area contributed by atoms with E-state index < -0.39 is 5.41 Å². The lowest BCUT2D eigenvalue weighted by molar-refractivity contribution is 0.669. The van der Waals surface area contributed by atoms with Gasteiger partial charge < -0.3 is 9.32 Å². The summed E-state index contributed by atoms with van der Waals surface area (Å²) in [7, 11) is 0. The largest absolute Gasteiger partial charge is 0.456 e. The van der Waals surface area contributed by atoms with Crippen molar-refractivity contribution in [3.63, 3.8) is 0 Å². The van der Waals surface area contributed by atoms with E-state index in [1.165, 1.54) is 66.1 Å². The normalized spacial score (nSPS) is 13.4. The molecule has 0 saturated carbocycles. The Kier molecular flexibility index (Phi) is 5.73. The van der Waals surface area contributed by atoms with Gasteiger partial charge >= 0.3 is 0 Å². The molecule has 0 aliphatic heterocycles. The molecule has 9 aromatic carbocycles. The van der Waals surface area contributed by atoms with Crippen LogP contribution in [0.25, 0.3) is 65.7 Å². The lowest BCUT2D eigenvalue weighted by atomic mass is 9.70. The molecule has 0 N–H and O–H groups in total. The molecule has 0 radical (unpaired) electrons. The number of hydrogen-bond acceptors (Lipinski definition) is 2. The van der Waals surface area contributed by atoms with Gasteiger partial charge in [0.2, 0.25) is 0 Å². The first-order valence-corrected chi connectivity index (χ1v) is 18.3. The fourth-order valence-corrected chi connectivity index (χ4v) is 9.64. The number of benzene rings is 9. The van der Waals surface area contributed by atoms with E-state index in [1.807, 2.05) is 6.07 Å². The molecule has 0 bridgehead atoms. The van der Waals surface area contributed by atoms with E-state index in [-0.39, 0.29) is 0 Å². The van der Waals surface area contributed by atoms with E-state index in [9.17, 15) is 0 Å². The van der Waals surface area contributed by atoms with Crippen molar-refractivity contribution in [1.29, 1.82) is 0 Å². The molecule has 53 heavy (non-hydrogen) atoms. The zero-order chi connectivity index (χ0) is 34.7. The molecular formula is C51H31NO. The second kappa shape index (κ2) is 10.6. The first-order valence-electron chi connectivity index (χ1n) is 18.3. The minimum Gasteiger partial charge on any atom is -0.456 e. The molecule has 1 heterocycles. The SMILES string of the molecule is c1ccc(N(c2ccc3cc4c(cc3c2)C2(c3ccccc3-c3ccccc32)c2cc3ccccc3cc2-4)c2cccc3oc4ccccc4c23)cc1. The van der Waals surface area contributed by atoms with E-state index >= 15 is 0 Å². The average molecular weight is 674 g/mol. The first kappa shape index (κ1) is 28.8. The van der Waals surface area contributed by atoms with Gasteiger partial charge in [-0.25, -0.2) is 0 Å². The minimum atomic E-state index is -0.424. The van der Waals surface area contributed by atoms with Gasteiger partial charge in [-0.15, -0.1) is 0 Å². The van der Waals surface area contributed by atoms with Gasteiger partial charge in [-0.05, 0) is 133 Å². The number of nitrogens with zero attached hydrogens (tertiary/aromatic N) is 1. The smallest absolute Gasteiger partial charge is 0.137 e. The van der Waals surface area contributed by atoms with E-state index in [1.54, 1.807) is 0 Å². The summed E-state index contributed by atoms with van der Waals surface area (Å²) in [5, 5.41) is 7.20. The Morgan fingerprint density at radius 2 is 0.943 bits per heavy atom. The molecule has 2 aliphatic carbocycles. The molecule has 0 amide bonds. The van der Waals surface area contributed by atoms with Gasteiger partial charge in [0.05, 0.1) is 16.5 Å². The summed E-state index contributed by atoms with van der Waals surface area (Å²) >= 11 is 0. The number of rotatable bonds is 3. The zero-order valence-electron chi connectivity index (χ0n) is 28.8. The predicted molar refractivity (Wildman–Crippen MR) is 220 cm³/mol. The maximum Gasteiger partial charge on any atom is 0.137 e. The molecule has 1 spiro atoms. The quantitative estimate of drug-likeness (QED) is 0.186. The van der Waals surface area contributed by atoms with Crippen LogP contribution in [0.3, 0.4) is 0 Å². The summed E-state index contributed by atoms with van der Waals surface area (Å²) in [5.41, 5.74) is 15.3. The number of furan rings is 1. The predicted octanol–water partition coefficient (Wildman–Crippen LogP) is 13.7. The van der Waals surface area contributed by atoms with Crippen molar-refractivity contribution in [3.05, 3.63) is 210 Å². The standard InChI is InChI=1S/C51H31NO/c1-2-15-36(16-3-1)52(47-22-12-24-49-50(47)40-19-8-11-23-48(40)53-49)37-26-25-34-29-42-41-28-32-13-4-5-14-33(32)30-45(41)51(46(42)31-35(34)27-37)43-20-9-6-17-38(43)39-18-7-10-21-44(39)51/h1-31H. The maximum atomic E-state index is 6.38. The van der Waals surface area contributed by atoms with Gasteiger partial charge in [0.15, 0.2) is 0 Å². The van der Waals surface area contributed by atoms with Crippen LogP contribution >= 0.6 is 0 Å². The van der Waals surface area contributed by atoms with Crippen LogP contribution in [0.1, 0.15) is 22.3 Å². The van der Waals surface area contributed by atoms with E-state index in [2.05, 4.69) is 187 Å². The monoisotopic (exact) mass is 673 g/mol. The van der Waals surface area contributed by atoms with Gasteiger partial charge in [0, 0.05) is 16.8 Å². The van der Waals surface area contributed by atoms with Crippen molar-refractivity contribution in [2.24, 2.45) is 0 Å². The third-order valence-electron chi connectivity index (χ3n) is 11.8. The molecule has 2 heteroatoms. The zero-order valence-corrected chi connectivity index (χ0v) is 28.8. The highest BCUT2D eigenvalue weighted by atomic mass is 16.3. The number of para-hydroxylation sites is 2. The molecule has 0 unspecified atom stereocenters. The Labute approximate surface area is 306 Å². The molecule has 2 aliphatic rings. The Morgan fingerprint density at radius 3 is 1.70 bits per heavy atom. The molecule has 1 aromatic heterocycles. The van der Waals surface area contributed by atoms with Crippen molar-refractivity contribution < 1.29 is 4.42 Å². The van der Waals surface area contributed by atoms with Crippen LogP contribution in [0.15, 0.2) is 192 Å². The number of hydrogen-bond donors (Lipinski definition) is 0. The number of fused-ring (bicyclic) bond motifs is 15. The summed E-state index contributed by atoms with van der Waals surface area (Å²) in [5.74, 6) is 0. The van der Waals surface area contributed by atoms with Crippen LogP contribution in [-0.4, -0.2) is 0 Å². The maximum absolute atomic E-state index is 6.38. The molecule has 246 valence electrons. The average Bonchev–Trinajstić information content (AvgIpc) is 3.84. The Hall–Kier alpha value is -6.90. The van der Waals surface area contributed by atoms with Crippen LogP contribution in [0.4, 0.5) is 17.1 Å². The van der Waals surface area contributed by atoms with Crippen molar-refractivity contribution in [3.8, 4) is 22.3 Å². The topological polar surface area (TPSA) is 16.4 Å². The van der Waals surface area contributed by atoms with E-state index in [0.29, 0.717) is 0 Å². The van der Waals surface area contributed by atoms with Crippen molar-refractivity contribution in [1.82, 2.24) is 0 Å². The highest BCUT2D eigenvalue weighted by Crippen LogP contribution is 2.63. The Morgan fingerprint density at radius 1 is 0.358 bits per heavy atom. The van der Waals surface area contributed by atoms with Crippen LogP contribution in [-0.2, 0) is 5.41 Å². The minimum absolute atomic E-state index is 0.424. The molecule has 0 atom stereocenters. The van der Waals surface area contributed by atoms with Gasteiger partial charge in [-0.2, -0.15) is 0 Å². The van der Waals surface area contributed by atoms with Crippen LogP contribution < -0.4 is 4.90 Å². The molecule has 10 aromatic rings. The summed E-state index contributed by atoms with van der Waals surface area (Å²) in [6, 6.07) is 69.1. The lowest BCUT2D eigenvalue weighted by Crippen LogP contribution is -2.25. The fourth-order valence-electron chi connectivity index (χ4n) is 9.64. The van der Waals surface area contributed by atoms with Gasteiger partial charge in [-0.3, -0.25) is 0 Å². The Balaban J connectivity index is 1.15. The lowest BCUT2D eigenvalue weighted by Gasteiger charge is -2.31. The van der Waals surface area contributed by atoms with Crippen molar-refractivity contribution >= 4 is 60.5 Å². The Bertz CT molecular complexity index is 3090. The molecule has 12 rings (SSSR count). The highest BCUT2D eigenvalue weighted by molar-refractivity contribution is 6.13. The molecular weight excluding hydrogens is 643 g/mol. The van der Waals surface area contributed by atoms with Crippen LogP contribution in [0.2, 0.25) is 0 Å². The summed E-state index contributed by atoms with van der Waals surface area (Å²) < 4.78 is 6.38. The molecule has 0 fully saturated rings. The first-order chi connectivity index (χ1) is 26.3. The van der Waals surface area contributed by atoms with E-state index in [0.717, 1.165) is 39.0 Å². The van der Waals surface area contributed by atoms with Gasteiger partial charge in [0.1, 0.15) is 11.2 Å². The summed E-state index contributed by atoms with van der Waals surface area (Å²) in [6.07, 6.45) is 0. The summed E-state index contributed by atoms with van der Waals surface area (Å²) in [6.45, 7) is 0. The molecule has 2 nitrogen and oxygen atoms in total. The second-order valence-corrected chi connectivity index (χ2v) is 14.4. The van der Waals surface area contributed by atoms with Crippen molar-refractivity contribution in [2.45, 2.75) is 5.41 Å².